The maximum absolute atomic E-state index is 12.8. The summed E-state index contributed by atoms with van der Waals surface area (Å²) in [6.07, 6.45) is 1.74. The van der Waals surface area contributed by atoms with Crippen molar-refractivity contribution in [3.8, 4) is 17.2 Å². The molecular weight excluding hydrogens is 444 g/mol. The van der Waals surface area contributed by atoms with E-state index in [0.717, 1.165) is 18.4 Å². The van der Waals surface area contributed by atoms with Crippen LogP contribution in [-0.4, -0.2) is 52.5 Å². The summed E-state index contributed by atoms with van der Waals surface area (Å²) < 4.78 is 43.3. The fourth-order valence-electron chi connectivity index (χ4n) is 3.72. The van der Waals surface area contributed by atoms with Crippen LogP contribution in [0.2, 0.25) is 0 Å². The fourth-order valence-corrected chi connectivity index (χ4v) is 5.19. The Bertz CT molecular complexity index is 1050. The lowest BCUT2D eigenvalue weighted by molar-refractivity contribution is -0.123. The largest absolute Gasteiger partial charge is 0.493 e. The minimum absolute atomic E-state index is 0.187. The maximum atomic E-state index is 12.8. The first-order valence-corrected chi connectivity index (χ1v) is 12.4. The van der Waals surface area contributed by atoms with Gasteiger partial charge in [-0.15, -0.1) is 0 Å². The lowest BCUT2D eigenvalue weighted by atomic mass is 10.0. The Hall–Kier alpha value is -2.78. The van der Waals surface area contributed by atoms with Gasteiger partial charge in [0, 0.05) is 13.1 Å². The highest BCUT2D eigenvalue weighted by molar-refractivity contribution is 7.89. The maximum Gasteiger partial charge on any atom is 0.258 e. The second-order valence-corrected chi connectivity index (χ2v) is 10.2. The third kappa shape index (κ3) is 6.17. The number of nitrogens with zero attached hydrogens (tertiary/aromatic N) is 1. The summed E-state index contributed by atoms with van der Waals surface area (Å²) in [5.41, 5.74) is 0.864. The lowest BCUT2D eigenvalue weighted by Crippen LogP contribution is -2.37. The zero-order valence-electron chi connectivity index (χ0n) is 19.5. The van der Waals surface area contributed by atoms with Crippen molar-refractivity contribution < 1.29 is 27.4 Å². The Morgan fingerprint density at radius 1 is 1.06 bits per heavy atom. The van der Waals surface area contributed by atoms with Gasteiger partial charge in [0.15, 0.2) is 18.1 Å². The molecule has 2 aromatic carbocycles. The number of methoxy groups -OCH3 is 2. The van der Waals surface area contributed by atoms with E-state index in [0.29, 0.717) is 36.3 Å². The molecule has 0 saturated carbocycles. The molecule has 1 saturated heterocycles. The van der Waals surface area contributed by atoms with Gasteiger partial charge in [0.2, 0.25) is 10.0 Å². The highest BCUT2D eigenvalue weighted by Crippen LogP contribution is 2.30. The van der Waals surface area contributed by atoms with Gasteiger partial charge in [-0.05, 0) is 67.6 Å². The Kier molecular flexibility index (Phi) is 8.20. The first kappa shape index (κ1) is 24.9. The molecule has 0 radical (unpaired) electrons. The molecule has 8 nitrogen and oxygen atoms in total. The number of hydrogen-bond acceptors (Lipinski definition) is 6. The third-order valence-electron chi connectivity index (χ3n) is 5.86. The topological polar surface area (TPSA) is 94.2 Å². The van der Waals surface area contributed by atoms with Crippen LogP contribution in [0.15, 0.2) is 47.4 Å². The molecule has 1 amide bonds. The summed E-state index contributed by atoms with van der Waals surface area (Å²) >= 11 is 0. The van der Waals surface area contributed by atoms with Crippen molar-refractivity contribution in [2.45, 2.75) is 37.6 Å². The predicted molar refractivity (Wildman–Crippen MR) is 125 cm³/mol. The zero-order chi connectivity index (χ0) is 24.0. The fraction of sp³-hybridized carbons (Fsp3) is 0.458. The highest BCUT2D eigenvalue weighted by atomic mass is 32.2. The highest BCUT2D eigenvalue weighted by Gasteiger charge is 2.28. The minimum Gasteiger partial charge on any atom is -0.493 e. The molecule has 0 unspecified atom stereocenters. The molecule has 1 atom stereocenters. The quantitative estimate of drug-likeness (QED) is 0.596. The van der Waals surface area contributed by atoms with Crippen molar-refractivity contribution in [1.82, 2.24) is 9.62 Å². The van der Waals surface area contributed by atoms with E-state index < -0.39 is 10.0 Å². The number of amides is 1. The van der Waals surface area contributed by atoms with Crippen LogP contribution >= 0.6 is 0 Å². The van der Waals surface area contributed by atoms with E-state index in [1.165, 1.54) is 16.4 Å². The van der Waals surface area contributed by atoms with Crippen LogP contribution in [0.3, 0.4) is 0 Å². The Balaban J connectivity index is 1.54. The first-order chi connectivity index (χ1) is 15.7. The summed E-state index contributed by atoms with van der Waals surface area (Å²) in [5, 5.41) is 2.87. The van der Waals surface area contributed by atoms with Crippen LogP contribution in [0.4, 0.5) is 0 Å². The van der Waals surface area contributed by atoms with Crippen molar-refractivity contribution in [3.05, 3.63) is 48.0 Å². The van der Waals surface area contributed by atoms with Crippen LogP contribution in [0, 0.1) is 5.92 Å². The number of sulfonamides is 1. The average Bonchev–Trinajstić information content (AvgIpc) is 2.82. The first-order valence-electron chi connectivity index (χ1n) is 11.0. The van der Waals surface area contributed by atoms with Crippen molar-refractivity contribution in [3.63, 3.8) is 0 Å². The van der Waals surface area contributed by atoms with Gasteiger partial charge < -0.3 is 19.5 Å². The monoisotopic (exact) mass is 476 g/mol. The SMILES string of the molecule is COc1ccc([C@@H](C)NC(=O)COc2ccc(S(=O)(=O)N3CCC(C)CC3)cc2)cc1OC. The molecular formula is C24H32N2O6S. The average molecular weight is 477 g/mol. The van der Waals surface area contributed by atoms with E-state index in [1.54, 1.807) is 32.4 Å². The number of nitrogens with one attached hydrogen (secondary N) is 1. The normalized spacial score (nSPS) is 16.1. The van der Waals surface area contributed by atoms with Crippen molar-refractivity contribution in [2.24, 2.45) is 5.92 Å². The molecule has 33 heavy (non-hydrogen) atoms. The molecule has 0 aromatic heterocycles. The number of carbonyl (C=O) groups is 1. The van der Waals surface area contributed by atoms with E-state index in [1.807, 2.05) is 19.1 Å². The van der Waals surface area contributed by atoms with E-state index >= 15 is 0 Å². The predicted octanol–water partition coefficient (Wildman–Crippen LogP) is 3.38. The van der Waals surface area contributed by atoms with Crippen molar-refractivity contribution >= 4 is 15.9 Å². The number of rotatable bonds is 9. The minimum atomic E-state index is -3.51. The van der Waals surface area contributed by atoms with Crippen molar-refractivity contribution in [1.29, 1.82) is 0 Å². The van der Waals surface area contributed by atoms with E-state index in [2.05, 4.69) is 12.2 Å². The second kappa shape index (κ2) is 10.9. The lowest BCUT2D eigenvalue weighted by Gasteiger charge is -2.29. The summed E-state index contributed by atoms with van der Waals surface area (Å²) in [5.74, 6) is 1.88. The Labute approximate surface area is 195 Å². The summed E-state index contributed by atoms with van der Waals surface area (Å²) in [6.45, 7) is 4.90. The Morgan fingerprint density at radius 3 is 2.30 bits per heavy atom. The molecule has 9 heteroatoms. The Morgan fingerprint density at radius 2 is 1.70 bits per heavy atom. The van der Waals surface area contributed by atoms with Gasteiger partial charge in [-0.25, -0.2) is 8.42 Å². The van der Waals surface area contributed by atoms with Crippen LogP contribution < -0.4 is 19.5 Å². The molecule has 2 aromatic rings. The summed E-state index contributed by atoms with van der Waals surface area (Å²) in [7, 11) is -0.388. The van der Waals surface area contributed by atoms with Gasteiger partial charge in [-0.2, -0.15) is 4.31 Å². The van der Waals surface area contributed by atoms with Gasteiger partial charge in [0.1, 0.15) is 5.75 Å². The van der Waals surface area contributed by atoms with Gasteiger partial charge >= 0.3 is 0 Å². The zero-order valence-corrected chi connectivity index (χ0v) is 20.4. The number of benzene rings is 2. The third-order valence-corrected chi connectivity index (χ3v) is 7.77. The molecule has 0 aliphatic carbocycles. The van der Waals surface area contributed by atoms with Crippen LogP contribution in [0.25, 0.3) is 0 Å². The standard InChI is InChI=1S/C24H32N2O6S/c1-17-11-13-26(14-12-17)33(28,29)21-8-6-20(7-9-21)32-16-24(27)25-18(2)19-5-10-22(30-3)23(15-19)31-4/h5-10,15,17-18H,11-14,16H2,1-4H3,(H,25,27)/t18-/m1/s1. The molecule has 1 aliphatic rings. The van der Waals surface area contributed by atoms with Gasteiger partial charge in [0.25, 0.3) is 5.91 Å². The van der Waals surface area contributed by atoms with E-state index in [-0.39, 0.29) is 23.5 Å². The van der Waals surface area contributed by atoms with E-state index in [4.69, 9.17) is 14.2 Å². The molecule has 3 rings (SSSR count). The number of ether oxygens (including phenoxy) is 3. The molecule has 1 aliphatic heterocycles. The summed E-state index contributed by atoms with van der Waals surface area (Å²) in [6, 6.07) is 11.4. The second-order valence-electron chi connectivity index (χ2n) is 8.25. The molecule has 0 spiro atoms. The van der Waals surface area contributed by atoms with Gasteiger partial charge in [-0.1, -0.05) is 13.0 Å². The molecule has 0 bridgehead atoms. The van der Waals surface area contributed by atoms with Gasteiger partial charge in [0.05, 0.1) is 25.2 Å². The number of carbonyl (C=O) groups excluding carboxylic acids is 1. The van der Waals surface area contributed by atoms with Crippen LogP contribution in [-0.2, 0) is 14.8 Å². The van der Waals surface area contributed by atoms with Crippen LogP contribution in [0.1, 0.15) is 38.3 Å². The van der Waals surface area contributed by atoms with E-state index in [9.17, 15) is 13.2 Å². The smallest absolute Gasteiger partial charge is 0.258 e. The molecule has 180 valence electrons. The number of hydrogen-bond donors (Lipinski definition) is 1. The van der Waals surface area contributed by atoms with Crippen molar-refractivity contribution in [2.75, 3.05) is 33.9 Å². The molecule has 1 N–H and O–H groups in total. The molecule has 1 fully saturated rings. The summed E-state index contributed by atoms with van der Waals surface area (Å²) in [4.78, 5) is 12.6. The molecule has 1 heterocycles. The number of piperidine rings is 1. The van der Waals surface area contributed by atoms with Crippen LogP contribution in [0.5, 0.6) is 17.2 Å². The van der Waals surface area contributed by atoms with Gasteiger partial charge in [-0.3, -0.25) is 4.79 Å².